The zero-order valence-corrected chi connectivity index (χ0v) is 11.2. The molecule has 0 amide bonds. The van der Waals surface area contributed by atoms with Gasteiger partial charge in [-0.25, -0.2) is 4.98 Å². The van der Waals surface area contributed by atoms with E-state index in [1.165, 1.54) is 0 Å². The smallest absolute Gasteiger partial charge is 0.227 e. The maximum atomic E-state index is 11.3. The van der Waals surface area contributed by atoms with E-state index in [2.05, 4.69) is 4.98 Å². The number of hydrogen-bond acceptors (Lipinski definition) is 4. The van der Waals surface area contributed by atoms with Gasteiger partial charge in [0.25, 0.3) is 0 Å². The molecule has 0 fully saturated rings. The summed E-state index contributed by atoms with van der Waals surface area (Å²) in [6.45, 7) is 1.54. The Labute approximate surface area is 116 Å². The lowest BCUT2D eigenvalue weighted by Gasteiger charge is -1.97. The van der Waals surface area contributed by atoms with Gasteiger partial charge in [0.2, 0.25) is 5.89 Å². The summed E-state index contributed by atoms with van der Waals surface area (Å²) in [7, 11) is 1.61. The SMILES string of the molecule is COc1ccc2nc(-c3ccc(C(C)=O)cc3)oc2c1. The average molecular weight is 267 g/mol. The van der Waals surface area contributed by atoms with Crippen LogP contribution in [0.15, 0.2) is 46.9 Å². The standard InChI is InChI=1S/C16H13NO3/c1-10(18)11-3-5-12(6-4-11)16-17-14-8-7-13(19-2)9-15(14)20-16/h3-9H,1-2H3. The van der Waals surface area contributed by atoms with Gasteiger partial charge in [0, 0.05) is 17.2 Å². The van der Waals surface area contributed by atoms with Crippen LogP contribution in [-0.2, 0) is 0 Å². The number of Topliss-reactive ketones (excluding diaryl/α,β-unsaturated/α-hetero) is 1. The molecule has 1 aromatic heterocycles. The van der Waals surface area contributed by atoms with E-state index in [9.17, 15) is 4.79 Å². The number of aromatic nitrogens is 1. The third-order valence-electron chi connectivity index (χ3n) is 3.13. The maximum Gasteiger partial charge on any atom is 0.227 e. The first-order chi connectivity index (χ1) is 9.67. The van der Waals surface area contributed by atoms with Crippen molar-refractivity contribution < 1.29 is 13.9 Å². The predicted octanol–water partition coefficient (Wildman–Crippen LogP) is 3.71. The number of oxazole rings is 1. The highest BCUT2D eigenvalue weighted by molar-refractivity contribution is 5.94. The summed E-state index contributed by atoms with van der Waals surface area (Å²) in [6.07, 6.45) is 0. The largest absolute Gasteiger partial charge is 0.497 e. The van der Waals surface area contributed by atoms with E-state index in [1.54, 1.807) is 32.2 Å². The summed E-state index contributed by atoms with van der Waals surface area (Å²) in [5.74, 6) is 1.30. The minimum atomic E-state index is 0.0406. The number of methoxy groups -OCH3 is 1. The molecule has 4 nitrogen and oxygen atoms in total. The van der Waals surface area contributed by atoms with Crippen molar-refractivity contribution in [2.24, 2.45) is 0 Å². The van der Waals surface area contributed by atoms with Crippen LogP contribution in [0.2, 0.25) is 0 Å². The number of carbonyl (C=O) groups is 1. The molecular weight excluding hydrogens is 254 g/mol. The van der Waals surface area contributed by atoms with Gasteiger partial charge in [-0.3, -0.25) is 4.79 Å². The van der Waals surface area contributed by atoms with Crippen LogP contribution in [0.4, 0.5) is 0 Å². The van der Waals surface area contributed by atoms with E-state index >= 15 is 0 Å². The summed E-state index contributed by atoms with van der Waals surface area (Å²) in [4.78, 5) is 15.7. The van der Waals surface area contributed by atoms with E-state index in [1.807, 2.05) is 24.3 Å². The Balaban J connectivity index is 2.03. The van der Waals surface area contributed by atoms with Gasteiger partial charge in [0.15, 0.2) is 11.4 Å². The highest BCUT2D eigenvalue weighted by atomic mass is 16.5. The Bertz CT molecular complexity index is 772. The summed E-state index contributed by atoms with van der Waals surface area (Å²) in [5.41, 5.74) is 2.96. The second-order valence-corrected chi connectivity index (χ2v) is 4.49. The first-order valence-electron chi connectivity index (χ1n) is 6.23. The van der Waals surface area contributed by atoms with Crippen LogP contribution in [0.3, 0.4) is 0 Å². The molecular formula is C16H13NO3. The number of carbonyl (C=O) groups excluding carboxylic acids is 1. The van der Waals surface area contributed by atoms with Crippen molar-refractivity contribution in [3.05, 3.63) is 48.0 Å². The molecule has 0 spiro atoms. The fourth-order valence-electron chi connectivity index (χ4n) is 2.00. The lowest BCUT2D eigenvalue weighted by Crippen LogP contribution is -1.90. The molecule has 0 unspecified atom stereocenters. The zero-order valence-electron chi connectivity index (χ0n) is 11.2. The second-order valence-electron chi connectivity index (χ2n) is 4.49. The molecule has 0 radical (unpaired) electrons. The molecule has 0 aliphatic carbocycles. The van der Waals surface area contributed by atoms with Crippen LogP contribution in [0.25, 0.3) is 22.6 Å². The van der Waals surface area contributed by atoms with Crippen LogP contribution >= 0.6 is 0 Å². The molecule has 0 saturated heterocycles. The van der Waals surface area contributed by atoms with Crippen molar-refractivity contribution in [1.29, 1.82) is 0 Å². The molecule has 20 heavy (non-hydrogen) atoms. The number of rotatable bonds is 3. The Morgan fingerprint density at radius 1 is 1.15 bits per heavy atom. The lowest BCUT2D eigenvalue weighted by atomic mass is 10.1. The third-order valence-corrected chi connectivity index (χ3v) is 3.13. The molecule has 0 aliphatic heterocycles. The highest BCUT2D eigenvalue weighted by Crippen LogP contribution is 2.27. The van der Waals surface area contributed by atoms with Crippen molar-refractivity contribution in [2.45, 2.75) is 6.92 Å². The van der Waals surface area contributed by atoms with Crippen LogP contribution in [0.5, 0.6) is 5.75 Å². The predicted molar refractivity (Wildman–Crippen MR) is 76.0 cm³/mol. The van der Waals surface area contributed by atoms with Crippen LogP contribution < -0.4 is 4.74 Å². The van der Waals surface area contributed by atoms with Crippen molar-refractivity contribution in [1.82, 2.24) is 4.98 Å². The molecule has 100 valence electrons. The van der Waals surface area contributed by atoms with Crippen molar-refractivity contribution in [2.75, 3.05) is 7.11 Å². The number of hydrogen-bond donors (Lipinski definition) is 0. The second kappa shape index (κ2) is 4.81. The molecule has 0 saturated carbocycles. The Hall–Kier alpha value is -2.62. The molecule has 0 bridgehead atoms. The third kappa shape index (κ3) is 2.16. The van der Waals surface area contributed by atoms with Crippen molar-refractivity contribution in [3.63, 3.8) is 0 Å². The minimum absolute atomic E-state index is 0.0406. The van der Waals surface area contributed by atoms with E-state index in [0.717, 1.165) is 16.8 Å². The number of ether oxygens (including phenoxy) is 1. The van der Waals surface area contributed by atoms with Crippen LogP contribution in [0.1, 0.15) is 17.3 Å². The van der Waals surface area contributed by atoms with Gasteiger partial charge in [-0.2, -0.15) is 0 Å². The monoisotopic (exact) mass is 267 g/mol. The van der Waals surface area contributed by atoms with Gasteiger partial charge in [-0.15, -0.1) is 0 Å². The Kier molecular flexibility index (Phi) is 2.99. The zero-order chi connectivity index (χ0) is 14.1. The molecule has 0 N–H and O–H groups in total. The summed E-state index contributed by atoms with van der Waals surface area (Å²) < 4.78 is 10.9. The summed E-state index contributed by atoms with van der Waals surface area (Å²) >= 11 is 0. The molecule has 3 aromatic rings. The van der Waals surface area contributed by atoms with E-state index in [0.29, 0.717) is 17.0 Å². The Morgan fingerprint density at radius 2 is 1.90 bits per heavy atom. The van der Waals surface area contributed by atoms with E-state index in [-0.39, 0.29) is 5.78 Å². The van der Waals surface area contributed by atoms with Crippen LogP contribution in [0, 0.1) is 0 Å². The normalized spacial score (nSPS) is 10.7. The molecule has 2 aromatic carbocycles. The van der Waals surface area contributed by atoms with Gasteiger partial charge in [-0.1, -0.05) is 12.1 Å². The van der Waals surface area contributed by atoms with E-state index in [4.69, 9.17) is 9.15 Å². The van der Waals surface area contributed by atoms with Crippen molar-refractivity contribution >= 4 is 16.9 Å². The average Bonchev–Trinajstić information content (AvgIpc) is 2.90. The van der Waals surface area contributed by atoms with Gasteiger partial charge in [0.05, 0.1) is 7.11 Å². The summed E-state index contributed by atoms with van der Waals surface area (Å²) in [5, 5.41) is 0. The molecule has 1 heterocycles. The summed E-state index contributed by atoms with van der Waals surface area (Å²) in [6, 6.07) is 12.7. The molecule has 4 heteroatoms. The number of ketones is 1. The minimum Gasteiger partial charge on any atom is -0.497 e. The van der Waals surface area contributed by atoms with E-state index < -0.39 is 0 Å². The van der Waals surface area contributed by atoms with Crippen LogP contribution in [-0.4, -0.2) is 17.9 Å². The van der Waals surface area contributed by atoms with Gasteiger partial charge < -0.3 is 9.15 Å². The number of nitrogens with zero attached hydrogens (tertiary/aromatic N) is 1. The Morgan fingerprint density at radius 3 is 2.55 bits per heavy atom. The quantitative estimate of drug-likeness (QED) is 0.679. The number of fused-ring (bicyclic) bond motifs is 1. The number of benzene rings is 2. The van der Waals surface area contributed by atoms with Gasteiger partial charge >= 0.3 is 0 Å². The first kappa shape index (κ1) is 12.4. The molecule has 3 rings (SSSR count). The molecule has 0 atom stereocenters. The fourth-order valence-corrected chi connectivity index (χ4v) is 2.00. The van der Waals surface area contributed by atoms with Crippen molar-refractivity contribution in [3.8, 4) is 17.2 Å². The lowest BCUT2D eigenvalue weighted by molar-refractivity contribution is 0.101. The maximum absolute atomic E-state index is 11.3. The van der Waals surface area contributed by atoms with Gasteiger partial charge in [-0.05, 0) is 31.2 Å². The first-order valence-corrected chi connectivity index (χ1v) is 6.23. The highest BCUT2D eigenvalue weighted by Gasteiger charge is 2.09. The topological polar surface area (TPSA) is 52.3 Å². The van der Waals surface area contributed by atoms with Gasteiger partial charge in [0.1, 0.15) is 11.3 Å². The molecule has 0 aliphatic rings. The fraction of sp³-hybridized carbons (Fsp3) is 0.125.